The normalized spacial score (nSPS) is 19.3. The van der Waals surface area contributed by atoms with Crippen LogP contribution in [0.4, 0.5) is 5.69 Å². The van der Waals surface area contributed by atoms with E-state index in [4.69, 9.17) is 0 Å². The van der Waals surface area contributed by atoms with Crippen LogP contribution in [-0.4, -0.2) is 19.0 Å². The monoisotopic (exact) mass is 296 g/mol. The molecule has 1 aromatic rings. The summed E-state index contributed by atoms with van der Waals surface area (Å²) in [6, 6.07) is 5.96. The zero-order valence-electron chi connectivity index (χ0n) is 9.92. The summed E-state index contributed by atoms with van der Waals surface area (Å²) < 4.78 is 0.931. The lowest BCUT2D eigenvalue weighted by Gasteiger charge is -2.11. The largest absolute Gasteiger partial charge is 0.325 e. The van der Waals surface area contributed by atoms with Crippen molar-refractivity contribution < 1.29 is 4.79 Å². The van der Waals surface area contributed by atoms with E-state index in [0.29, 0.717) is 12.3 Å². The average Bonchev–Trinajstić information content (AvgIpc) is 2.76. The fourth-order valence-electron chi connectivity index (χ4n) is 2.09. The Morgan fingerprint density at radius 2 is 2.41 bits per heavy atom. The summed E-state index contributed by atoms with van der Waals surface area (Å²) in [4.78, 5) is 11.9. The Balaban J connectivity index is 1.95. The zero-order valence-corrected chi connectivity index (χ0v) is 11.5. The van der Waals surface area contributed by atoms with Crippen LogP contribution >= 0.6 is 15.9 Å². The predicted octanol–water partition coefficient (Wildman–Crippen LogP) is 2.70. The summed E-state index contributed by atoms with van der Waals surface area (Å²) in [5.41, 5.74) is 2.01. The fourth-order valence-corrected chi connectivity index (χ4v) is 2.43. The smallest absolute Gasteiger partial charge is 0.224 e. The first-order valence-corrected chi connectivity index (χ1v) is 6.71. The molecule has 0 bridgehead atoms. The molecule has 1 aliphatic rings. The quantitative estimate of drug-likeness (QED) is 0.900. The van der Waals surface area contributed by atoms with Crippen molar-refractivity contribution in [1.82, 2.24) is 5.32 Å². The molecule has 3 nitrogen and oxygen atoms in total. The van der Waals surface area contributed by atoms with Gasteiger partial charge in [-0.2, -0.15) is 0 Å². The second kappa shape index (κ2) is 5.65. The molecule has 1 amide bonds. The van der Waals surface area contributed by atoms with Crippen LogP contribution < -0.4 is 10.6 Å². The Hall–Kier alpha value is -0.870. The van der Waals surface area contributed by atoms with Gasteiger partial charge in [0.1, 0.15) is 0 Å². The Bertz CT molecular complexity index is 414. The molecule has 1 fully saturated rings. The third-order valence-electron chi connectivity index (χ3n) is 3.03. The van der Waals surface area contributed by atoms with Gasteiger partial charge in [0, 0.05) is 10.9 Å². The van der Waals surface area contributed by atoms with Crippen molar-refractivity contribution in [2.24, 2.45) is 5.92 Å². The average molecular weight is 297 g/mol. The molecular weight excluding hydrogens is 280 g/mol. The molecule has 1 atom stereocenters. The first-order chi connectivity index (χ1) is 8.15. The van der Waals surface area contributed by atoms with Crippen molar-refractivity contribution in [1.29, 1.82) is 0 Å². The maximum absolute atomic E-state index is 11.9. The predicted molar refractivity (Wildman–Crippen MR) is 73.1 cm³/mol. The minimum atomic E-state index is 0.102. The topological polar surface area (TPSA) is 41.1 Å². The standard InChI is InChI=1S/C13H17BrN2O/c1-9-2-3-11(14)12(6-9)16-13(17)7-10-4-5-15-8-10/h2-3,6,10,15H,4-5,7-8H2,1H3,(H,16,17). The van der Waals surface area contributed by atoms with Crippen LogP contribution in [-0.2, 0) is 4.79 Å². The van der Waals surface area contributed by atoms with Crippen LogP contribution in [0.5, 0.6) is 0 Å². The van der Waals surface area contributed by atoms with E-state index in [-0.39, 0.29) is 5.91 Å². The SMILES string of the molecule is Cc1ccc(Br)c(NC(=O)CC2CCNC2)c1. The van der Waals surface area contributed by atoms with Gasteiger partial charge in [-0.25, -0.2) is 0 Å². The van der Waals surface area contributed by atoms with E-state index in [1.165, 1.54) is 0 Å². The highest BCUT2D eigenvalue weighted by atomic mass is 79.9. The van der Waals surface area contributed by atoms with Gasteiger partial charge in [-0.05, 0) is 66.0 Å². The van der Waals surface area contributed by atoms with Crippen molar-refractivity contribution in [2.75, 3.05) is 18.4 Å². The molecule has 1 heterocycles. The number of halogens is 1. The van der Waals surface area contributed by atoms with Gasteiger partial charge in [0.05, 0.1) is 5.69 Å². The number of rotatable bonds is 3. The maximum Gasteiger partial charge on any atom is 0.224 e. The van der Waals surface area contributed by atoms with Crippen LogP contribution in [0.2, 0.25) is 0 Å². The lowest BCUT2D eigenvalue weighted by atomic mass is 10.0. The highest BCUT2D eigenvalue weighted by Gasteiger charge is 2.18. The lowest BCUT2D eigenvalue weighted by Crippen LogP contribution is -2.18. The third kappa shape index (κ3) is 3.54. The summed E-state index contributed by atoms with van der Waals surface area (Å²) in [6.45, 7) is 4.01. The van der Waals surface area contributed by atoms with Crippen LogP contribution in [0.1, 0.15) is 18.4 Å². The molecule has 2 rings (SSSR count). The van der Waals surface area contributed by atoms with Crippen LogP contribution in [0, 0.1) is 12.8 Å². The highest BCUT2D eigenvalue weighted by Crippen LogP contribution is 2.24. The summed E-state index contributed by atoms with van der Waals surface area (Å²) in [5, 5.41) is 6.24. The van der Waals surface area contributed by atoms with Crippen molar-refractivity contribution >= 4 is 27.5 Å². The summed E-state index contributed by atoms with van der Waals surface area (Å²) in [7, 11) is 0. The number of aryl methyl sites for hydroxylation is 1. The molecule has 0 spiro atoms. The molecule has 2 N–H and O–H groups in total. The molecule has 1 unspecified atom stereocenters. The van der Waals surface area contributed by atoms with Gasteiger partial charge in [-0.3, -0.25) is 4.79 Å². The molecule has 0 radical (unpaired) electrons. The Labute approximate surface area is 110 Å². The third-order valence-corrected chi connectivity index (χ3v) is 3.72. The number of nitrogens with one attached hydrogen (secondary N) is 2. The fraction of sp³-hybridized carbons (Fsp3) is 0.462. The van der Waals surface area contributed by atoms with Gasteiger partial charge in [0.15, 0.2) is 0 Å². The summed E-state index contributed by atoms with van der Waals surface area (Å²) in [6.07, 6.45) is 1.70. The Morgan fingerprint density at radius 1 is 1.59 bits per heavy atom. The molecule has 0 aliphatic carbocycles. The molecule has 0 aromatic heterocycles. The number of amides is 1. The first-order valence-electron chi connectivity index (χ1n) is 5.92. The van der Waals surface area contributed by atoms with E-state index in [9.17, 15) is 4.79 Å². The zero-order chi connectivity index (χ0) is 12.3. The number of hydrogen-bond donors (Lipinski definition) is 2. The van der Waals surface area contributed by atoms with Crippen molar-refractivity contribution in [3.05, 3.63) is 28.2 Å². The van der Waals surface area contributed by atoms with E-state index < -0.39 is 0 Å². The second-order valence-corrected chi connectivity index (χ2v) is 5.45. The maximum atomic E-state index is 11.9. The number of benzene rings is 1. The number of hydrogen-bond acceptors (Lipinski definition) is 2. The molecule has 17 heavy (non-hydrogen) atoms. The van der Waals surface area contributed by atoms with Crippen LogP contribution in [0.25, 0.3) is 0 Å². The number of carbonyl (C=O) groups excluding carboxylic acids is 1. The van der Waals surface area contributed by atoms with Crippen molar-refractivity contribution in [3.63, 3.8) is 0 Å². The van der Waals surface area contributed by atoms with Gasteiger partial charge in [-0.1, -0.05) is 6.07 Å². The summed E-state index contributed by atoms with van der Waals surface area (Å²) >= 11 is 3.44. The molecule has 92 valence electrons. The van der Waals surface area contributed by atoms with E-state index in [0.717, 1.165) is 35.2 Å². The van der Waals surface area contributed by atoms with Gasteiger partial charge in [0.25, 0.3) is 0 Å². The molecular formula is C13H17BrN2O. The summed E-state index contributed by atoms with van der Waals surface area (Å²) in [5.74, 6) is 0.587. The van der Waals surface area contributed by atoms with E-state index >= 15 is 0 Å². The minimum absolute atomic E-state index is 0.102. The molecule has 1 aliphatic heterocycles. The Morgan fingerprint density at radius 3 is 3.12 bits per heavy atom. The lowest BCUT2D eigenvalue weighted by molar-refractivity contribution is -0.116. The van der Waals surface area contributed by atoms with Crippen molar-refractivity contribution in [2.45, 2.75) is 19.8 Å². The molecule has 0 saturated carbocycles. The van der Waals surface area contributed by atoms with E-state index in [1.54, 1.807) is 0 Å². The van der Waals surface area contributed by atoms with Crippen LogP contribution in [0.15, 0.2) is 22.7 Å². The van der Waals surface area contributed by atoms with Gasteiger partial charge in [-0.15, -0.1) is 0 Å². The van der Waals surface area contributed by atoms with Crippen molar-refractivity contribution in [3.8, 4) is 0 Å². The number of anilines is 1. The van der Waals surface area contributed by atoms with Crippen LogP contribution in [0.3, 0.4) is 0 Å². The molecule has 4 heteroatoms. The molecule has 1 saturated heterocycles. The highest BCUT2D eigenvalue weighted by molar-refractivity contribution is 9.10. The minimum Gasteiger partial charge on any atom is -0.325 e. The van der Waals surface area contributed by atoms with E-state index in [2.05, 4.69) is 26.6 Å². The van der Waals surface area contributed by atoms with Gasteiger partial charge >= 0.3 is 0 Å². The first kappa shape index (κ1) is 12.6. The second-order valence-electron chi connectivity index (χ2n) is 4.59. The number of carbonyl (C=O) groups is 1. The van der Waals surface area contributed by atoms with Gasteiger partial charge in [0.2, 0.25) is 5.91 Å². The Kier molecular flexibility index (Phi) is 4.18. The van der Waals surface area contributed by atoms with E-state index in [1.807, 2.05) is 25.1 Å². The molecule has 1 aromatic carbocycles. The van der Waals surface area contributed by atoms with Gasteiger partial charge < -0.3 is 10.6 Å².